The van der Waals surface area contributed by atoms with E-state index in [4.69, 9.17) is 5.73 Å². The van der Waals surface area contributed by atoms with Crippen molar-refractivity contribution < 1.29 is 9.59 Å². The summed E-state index contributed by atoms with van der Waals surface area (Å²) in [5.41, 5.74) is 5.71. The average Bonchev–Trinajstić information content (AvgIpc) is 2.93. The molecule has 0 unspecified atom stereocenters. The van der Waals surface area contributed by atoms with Gasteiger partial charge in [-0.15, -0.1) is 0 Å². The number of rotatable bonds is 5. The molecule has 0 bridgehead atoms. The number of amides is 1. The van der Waals surface area contributed by atoms with Crippen LogP contribution in [0, 0.1) is 5.92 Å². The van der Waals surface area contributed by atoms with E-state index < -0.39 is 17.7 Å². The molecule has 0 spiro atoms. The van der Waals surface area contributed by atoms with Crippen LogP contribution in [0.3, 0.4) is 0 Å². The van der Waals surface area contributed by atoms with Crippen molar-refractivity contribution >= 4 is 11.7 Å². The molecule has 0 saturated heterocycles. The molecule has 4 nitrogen and oxygen atoms in total. The molecule has 4 heteroatoms. The van der Waals surface area contributed by atoms with E-state index in [2.05, 4.69) is 5.32 Å². The highest BCUT2D eigenvalue weighted by atomic mass is 16.2. The van der Waals surface area contributed by atoms with Crippen molar-refractivity contribution in [3.8, 4) is 0 Å². The molecule has 1 amide bonds. The van der Waals surface area contributed by atoms with Crippen LogP contribution in [0.25, 0.3) is 0 Å². The quantitative estimate of drug-likeness (QED) is 0.643. The predicted molar refractivity (Wildman–Crippen MR) is 56.1 cm³/mol. The van der Waals surface area contributed by atoms with Crippen LogP contribution >= 0.6 is 0 Å². The number of nitrogens with two attached hydrogens (primary N) is 1. The Balaban J connectivity index is 1.74. The summed E-state index contributed by atoms with van der Waals surface area (Å²) in [6.07, 6.45) is 6.22. The van der Waals surface area contributed by atoms with Gasteiger partial charge in [-0.25, -0.2) is 0 Å². The van der Waals surface area contributed by atoms with Crippen molar-refractivity contribution in [1.82, 2.24) is 5.32 Å². The second kappa shape index (κ2) is 4.31. The fourth-order valence-corrected chi connectivity index (χ4v) is 1.85. The molecule has 0 radical (unpaired) electrons. The fourth-order valence-electron chi connectivity index (χ4n) is 1.85. The molecule has 0 aromatic heterocycles. The summed E-state index contributed by atoms with van der Waals surface area (Å²) >= 11 is 0. The molecule has 2 saturated carbocycles. The Labute approximate surface area is 89.6 Å². The molecule has 0 aromatic rings. The number of carbonyl (C=O) groups excluding carboxylic acids is 2. The first-order valence-corrected chi connectivity index (χ1v) is 5.77. The van der Waals surface area contributed by atoms with E-state index in [-0.39, 0.29) is 6.04 Å². The van der Waals surface area contributed by atoms with Crippen LogP contribution in [0.4, 0.5) is 0 Å². The van der Waals surface area contributed by atoms with Gasteiger partial charge in [0.05, 0.1) is 6.04 Å². The molecular weight excluding hydrogens is 192 g/mol. The van der Waals surface area contributed by atoms with Crippen molar-refractivity contribution in [2.75, 3.05) is 0 Å². The van der Waals surface area contributed by atoms with Crippen LogP contribution in [0.15, 0.2) is 0 Å². The zero-order valence-corrected chi connectivity index (χ0v) is 8.87. The van der Waals surface area contributed by atoms with Gasteiger partial charge in [0.15, 0.2) is 0 Å². The minimum atomic E-state index is -0.589. The van der Waals surface area contributed by atoms with Gasteiger partial charge < -0.3 is 11.1 Å². The van der Waals surface area contributed by atoms with E-state index in [1.807, 2.05) is 0 Å². The lowest BCUT2D eigenvalue weighted by atomic mass is 9.80. The molecule has 84 valence electrons. The predicted octanol–water partition coefficient (Wildman–Crippen LogP) is 0.352. The first kappa shape index (κ1) is 10.6. The van der Waals surface area contributed by atoms with Crippen LogP contribution in [0.5, 0.6) is 0 Å². The number of hydrogen-bond donors (Lipinski definition) is 2. The van der Waals surface area contributed by atoms with Gasteiger partial charge in [0.1, 0.15) is 0 Å². The summed E-state index contributed by atoms with van der Waals surface area (Å²) in [7, 11) is 0. The van der Waals surface area contributed by atoms with Gasteiger partial charge in [0.25, 0.3) is 5.91 Å². The second-order valence-electron chi connectivity index (χ2n) is 4.75. The smallest absolute Gasteiger partial charge is 0.289 e. The third-order valence-corrected chi connectivity index (χ3v) is 3.29. The van der Waals surface area contributed by atoms with Gasteiger partial charge in [0.2, 0.25) is 5.78 Å². The van der Waals surface area contributed by atoms with Crippen LogP contribution in [-0.2, 0) is 9.59 Å². The van der Waals surface area contributed by atoms with Gasteiger partial charge in [-0.3, -0.25) is 9.59 Å². The van der Waals surface area contributed by atoms with Crippen LogP contribution < -0.4 is 11.1 Å². The van der Waals surface area contributed by atoms with E-state index in [1.165, 1.54) is 6.42 Å². The maximum Gasteiger partial charge on any atom is 0.289 e. The maximum atomic E-state index is 11.5. The van der Waals surface area contributed by atoms with Crippen LogP contribution in [0.1, 0.15) is 38.5 Å². The molecule has 0 heterocycles. The molecule has 15 heavy (non-hydrogen) atoms. The molecular formula is C11H18N2O2. The fraction of sp³-hybridized carbons (Fsp3) is 0.818. The lowest BCUT2D eigenvalue weighted by molar-refractivity contribution is -0.139. The van der Waals surface area contributed by atoms with E-state index in [9.17, 15) is 9.59 Å². The summed E-state index contributed by atoms with van der Waals surface area (Å²) in [6.45, 7) is 0. The molecule has 1 atom stereocenters. The molecule has 2 rings (SSSR count). The Hall–Kier alpha value is -0.900. The minimum absolute atomic E-state index is 0.234. The van der Waals surface area contributed by atoms with Gasteiger partial charge in [0, 0.05) is 6.04 Å². The summed E-state index contributed by atoms with van der Waals surface area (Å²) in [5.74, 6) is -0.351. The first-order valence-electron chi connectivity index (χ1n) is 5.77. The average molecular weight is 210 g/mol. The molecule has 2 fully saturated rings. The zero-order chi connectivity index (χ0) is 10.8. The highest BCUT2D eigenvalue weighted by Crippen LogP contribution is 2.30. The highest BCUT2D eigenvalue weighted by molar-refractivity contribution is 6.38. The van der Waals surface area contributed by atoms with Crippen molar-refractivity contribution in [2.45, 2.75) is 50.6 Å². The van der Waals surface area contributed by atoms with Crippen molar-refractivity contribution in [1.29, 1.82) is 0 Å². The Kier molecular flexibility index (Phi) is 3.05. The van der Waals surface area contributed by atoms with Crippen molar-refractivity contribution in [3.63, 3.8) is 0 Å². The number of Topliss-reactive ketones (excluding diaryl/α,β-unsaturated/α-hetero) is 1. The Morgan fingerprint density at radius 2 is 1.93 bits per heavy atom. The third kappa shape index (κ3) is 2.78. The third-order valence-electron chi connectivity index (χ3n) is 3.29. The largest absolute Gasteiger partial charge is 0.347 e. The first-order chi connectivity index (χ1) is 7.16. The van der Waals surface area contributed by atoms with Gasteiger partial charge in [-0.2, -0.15) is 0 Å². The van der Waals surface area contributed by atoms with E-state index in [1.54, 1.807) is 0 Å². The maximum absolute atomic E-state index is 11.5. The van der Waals surface area contributed by atoms with E-state index in [0.29, 0.717) is 12.3 Å². The molecule has 0 aromatic carbocycles. The SMILES string of the molecule is N[C@@H](CC1CCC1)C(=O)C(=O)NC1CC1. The van der Waals surface area contributed by atoms with Crippen molar-refractivity contribution in [3.05, 3.63) is 0 Å². The standard InChI is InChI=1S/C11H18N2O2/c12-9(6-7-2-1-3-7)10(14)11(15)13-8-4-5-8/h7-9H,1-6,12H2,(H,13,15)/t9-/m0/s1. The summed E-state index contributed by atoms with van der Waals surface area (Å²) in [4.78, 5) is 22.9. The van der Waals surface area contributed by atoms with Crippen LogP contribution in [0.2, 0.25) is 0 Å². The Bertz CT molecular complexity index is 270. The molecule has 2 aliphatic rings. The van der Waals surface area contributed by atoms with Gasteiger partial charge in [-0.05, 0) is 25.2 Å². The second-order valence-corrected chi connectivity index (χ2v) is 4.75. The number of nitrogens with one attached hydrogen (secondary N) is 1. The lowest BCUT2D eigenvalue weighted by Crippen LogP contribution is -2.44. The summed E-state index contributed by atoms with van der Waals surface area (Å²) < 4.78 is 0. The zero-order valence-electron chi connectivity index (χ0n) is 8.87. The topological polar surface area (TPSA) is 72.2 Å². The number of hydrogen-bond acceptors (Lipinski definition) is 3. The lowest BCUT2D eigenvalue weighted by Gasteiger charge is -2.27. The Morgan fingerprint density at radius 3 is 2.40 bits per heavy atom. The summed E-state index contributed by atoms with van der Waals surface area (Å²) in [5, 5.41) is 2.68. The Morgan fingerprint density at radius 1 is 1.27 bits per heavy atom. The number of ketones is 1. The van der Waals surface area contributed by atoms with Gasteiger partial charge in [-0.1, -0.05) is 19.3 Å². The number of carbonyl (C=O) groups is 2. The highest BCUT2D eigenvalue weighted by Gasteiger charge is 2.31. The molecule has 3 N–H and O–H groups in total. The monoisotopic (exact) mass is 210 g/mol. The van der Waals surface area contributed by atoms with Crippen LogP contribution in [-0.4, -0.2) is 23.8 Å². The normalized spacial score (nSPS) is 23.0. The molecule has 0 aliphatic heterocycles. The summed E-state index contributed by atoms with van der Waals surface area (Å²) in [6, 6.07) is -0.355. The molecule has 2 aliphatic carbocycles. The van der Waals surface area contributed by atoms with E-state index in [0.717, 1.165) is 25.7 Å². The van der Waals surface area contributed by atoms with Gasteiger partial charge >= 0.3 is 0 Å². The van der Waals surface area contributed by atoms with E-state index >= 15 is 0 Å². The minimum Gasteiger partial charge on any atom is -0.347 e. The van der Waals surface area contributed by atoms with Crippen molar-refractivity contribution in [2.24, 2.45) is 11.7 Å².